The third-order valence-electron chi connectivity index (χ3n) is 4.97. The number of likely N-dealkylation sites (tertiary alicyclic amines) is 1. The first-order valence-corrected chi connectivity index (χ1v) is 9.92. The Kier molecular flexibility index (Phi) is 6.57. The largest absolute Gasteiger partial charge is 0.459 e. The second-order valence-electron chi connectivity index (χ2n) is 8.87. The lowest BCUT2D eigenvalue weighted by atomic mass is 9.93. The first-order valence-electron chi connectivity index (χ1n) is 9.92. The Morgan fingerprint density at radius 2 is 1.71 bits per heavy atom. The van der Waals surface area contributed by atoms with E-state index in [1.54, 1.807) is 27.7 Å². The standard InChI is InChI=1S/C21H33N3O4/c1-12(2)28-19(26)16-13(3)17(22-14(16)4)18(25)23-15-8-10-24(11-9-15)20(27)21(5,6)7/h12,15,22H,8-11H2,1-7H3,(H,23,25). The molecule has 1 aromatic rings. The summed E-state index contributed by atoms with van der Waals surface area (Å²) in [5.74, 6) is -0.513. The summed E-state index contributed by atoms with van der Waals surface area (Å²) in [4.78, 5) is 42.3. The summed E-state index contributed by atoms with van der Waals surface area (Å²) in [6.07, 6.45) is 1.21. The van der Waals surface area contributed by atoms with Crippen LogP contribution in [0.3, 0.4) is 0 Å². The molecule has 0 aliphatic carbocycles. The number of hydrogen-bond donors (Lipinski definition) is 2. The van der Waals surface area contributed by atoms with Gasteiger partial charge >= 0.3 is 5.97 Å². The van der Waals surface area contributed by atoms with Crippen LogP contribution in [0.15, 0.2) is 0 Å². The summed E-state index contributed by atoms with van der Waals surface area (Å²) < 4.78 is 5.27. The highest BCUT2D eigenvalue weighted by molar-refractivity contribution is 6.00. The summed E-state index contributed by atoms with van der Waals surface area (Å²) in [7, 11) is 0. The van der Waals surface area contributed by atoms with E-state index in [2.05, 4.69) is 10.3 Å². The van der Waals surface area contributed by atoms with Crippen molar-refractivity contribution in [1.82, 2.24) is 15.2 Å². The maximum Gasteiger partial charge on any atom is 0.340 e. The van der Waals surface area contributed by atoms with Gasteiger partial charge in [-0.05, 0) is 46.1 Å². The van der Waals surface area contributed by atoms with Gasteiger partial charge < -0.3 is 19.9 Å². The third kappa shape index (κ3) is 4.94. The molecule has 0 unspecified atom stereocenters. The molecule has 2 rings (SSSR count). The van der Waals surface area contributed by atoms with Crippen LogP contribution in [0.5, 0.6) is 0 Å². The Morgan fingerprint density at radius 1 is 1.14 bits per heavy atom. The fourth-order valence-electron chi connectivity index (χ4n) is 3.52. The van der Waals surface area contributed by atoms with Gasteiger partial charge in [0.15, 0.2) is 0 Å². The van der Waals surface area contributed by atoms with E-state index in [1.165, 1.54) is 0 Å². The predicted molar refractivity (Wildman–Crippen MR) is 107 cm³/mol. The van der Waals surface area contributed by atoms with Crippen LogP contribution in [0.2, 0.25) is 0 Å². The van der Waals surface area contributed by atoms with Gasteiger partial charge in [0.25, 0.3) is 5.91 Å². The molecule has 156 valence electrons. The van der Waals surface area contributed by atoms with E-state index in [0.29, 0.717) is 48.4 Å². The number of rotatable bonds is 4. The number of nitrogens with zero attached hydrogens (tertiary/aromatic N) is 1. The molecule has 28 heavy (non-hydrogen) atoms. The summed E-state index contributed by atoms with van der Waals surface area (Å²) in [5, 5.41) is 3.03. The molecule has 0 radical (unpaired) electrons. The SMILES string of the molecule is Cc1[nH]c(C(=O)NC2CCN(C(=O)C(C)(C)C)CC2)c(C)c1C(=O)OC(C)C. The van der Waals surface area contributed by atoms with E-state index in [-0.39, 0.29) is 24.0 Å². The molecule has 1 aliphatic rings. The van der Waals surface area contributed by atoms with Gasteiger partial charge in [0.05, 0.1) is 11.7 Å². The van der Waals surface area contributed by atoms with E-state index in [9.17, 15) is 14.4 Å². The van der Waals surface area contributed by atoms with Gasteiger partial charge in [-0.2, -0.15) is 0 Å². The highest BCUT2D eigenvalue weighted by atomic mass is 16.5. The number of aromatic amines is 1. The highest BCUT2D eigenvalue weighted by Gasteiger charge is 2.31. The number of hydrogen-bond acceptors (Lipinski definition) is 4. The van der Waals surface area contributed by atoms with Gasteiger partial charge in [-0.15, -0.1) is 0 Å². The Labute approximate surface area is 167 Å². The minimum Gasteiger partial charge on any atom is -0.459 e. The van der Waals surface area contributed by atoms with Crippen LogP contribution in [0.1, 0.15) is 79.6 Å². The van der Waals surface area contributed by atoms with Crippen LogP contribution < -0.4 is 5.32 Å². The second kappa shape index (κ2) is 8.37. The number of carbonyl (C=O) groups excluding carboxylic acids is 3. The number of aryl methyl sites for hydroxylation is 1. The zero-order valence-electron chi connectivity index (χ0n) is 18.1. The lowest BCUT2D eigenvalue weighted by Crippen LogP contribution is -2.49. The summed E-state index contributed by atoms with van der Waals surface area (Å²) in [6.45, 7) is 14.1. The van der Waals surface area contributed by atoms with Crippen molar-refractivity contribution in [3.63, 3.8) is 0 Å². The van der Waals surface area contributed by atoms with Gasteiger partial charge in [-0.3, -0.25) is 9.59 Å². The molecule has 0 bridgehead atoms. The second-order valence-corrected chi connectivity index (χ2v) is 8.87. The van der Waals surface area contributed by atoms with E-state index >= 15 is 0 Å². The number of ether oxygens (including phenoxy) is 1. The summed E-state index contributed by atoms with van der Waals surface area (Å²) >= 11 is 0. The maximum absolute atomic E-state index is 12.7. The molecule has 1 saturated heterocycles. The van der Waals surface area contributed by atoms with Crippen LogP contribution in [0.4, 0.5) is 0 Å². The molecule has 1 fully saturated rings. The smallest absolute Gasteiger partial charge is 0.340 e. The first-order chi connectivity index (χ1) is 12.9. The van der Waals surface area contributed by atoms with Crippen molar-refractivity contribution < 1.29 is 19.1 Å². The molecule has 0 aromatic carbocycles. The average Bonchev–Trinajstić information content (AvgIpc) is 2.88. The molecule has 7 nitrogen and oxygen atoms in total. The summed E-state index contributed by atoms with van der Waals surface area (Å²) in [5.41, 5.74) is 1.64. The van der Waals surface area contributed by atoms with Crippen molar-refractivity contribution in [2.75, 3.05) is 13.1 Å². The number of H-pyrrole nitrogens is 1. The van der Waals surface area contributed by atoms with E-state index in [4.69, 9.17) is 4.74 Å². The Hall–Kier alpha value is -2.31. The molecule has 2 N–H and O–H groups in total. The quantitative estimate of drug-likeness (QED) is 0.772. The van der Waals surface area contributed by atoms with Gasteiger partial charge in [0.2, 0.25) is 5.91 Å². The Morgan fingerprint density at radius 3 is 2.21 bits per heavy atom. The van der Waals surface area contributed by atoms with Crippen molar-refractivity contribution >= 4 is 17.8 Å². The van der Waals surface area contributed by atoms with Crippen molar-refractivity contribution in [2.24, 2.45) is 5.41 Å². The fourth-order valence-corrected chi connectivity index (χ4v) is 3.52. The number of carbonyl (C=O) groups is 3. The van der Waals surface area contributed by atoms with Gasteiger partial charge in [-0.25, -0.2) is 4.79 Å². The molecule has 0 atom stereocenters. The highest BCUT2D eigenvalue weighted by Crippen LogP contribution is 2.22. The van der Waals surface area contributed by atoms with Crippen molar-refractivity contribution in [1.29, 1.82) is 0 Å². The molecular weight excluding hydrogens is 358 g/mol. The van der Waals surface area contributed by atoms with Gasteiger partial charge in [0, 0.05) is 30.2 Å². The minimum absolute atomic E-state index is 0.00518. The molecule has 0 spiro atoms. The number of aromatic nitrogens is 1. The van der Waals surface area contributed by atoms with E-state index in [1.807, 2.05) is 25.7 Å². The Balaban J connectivity index is 2.01. The lowest BCUT2D eigenvalue weighted by Gasteiger charge is -2.36. The van der Waals surface area contributed by atoms with Gasteiger partial charge in [-0.1, -0.05) is 20.8 Å². The molecule has 1 aliphatic heterocycles. The Bertz CT molecular complexity index is 750. The average molecular weight is 392 g/mol. The molecule has 1 aromatic heterocycles. The van der Waals surface area contributed by atoms with Crippen LogP contribution in [-0.2, 0) is 9.53 Å². The molecule has 2 heterocycles. The number of nitrogens with one attached hydrogen (secondary N) is 2. The first kappa shape index (κ1) is 22.0. The topological polar surface area (TPSA) is 91.5 Å². The van der Waals surface area contributed by atoms with E-state index < -0.39 is 11.4 Å². The zero-order chi connectivity index (χ0) is 21.2. The third-order valence-corrected chi connectivity index (χ3v) is 4.97. The molecule has 0 saturated carbocycles. The number of esters is 1. The van der Waals surface area contributed by atoms with Crippen molar-refractivity contribution in [3.05, 3.63) is 22.5 Å². The van der Waals surface area contributed by atoms with Crippen molar-refractivity contribution in [3.8, 4) is 0 Å². The molecule has 7 heteroatoms. The van der Waals surface area contributed by atoms with Crippen LogP contribution in [-0.4, -0.2) is 52.9 Å². The van der Waals surface area contributed by atoms with Crippen LogP contribution in [0.25, 0.3) is 0 Å². The van der Waals surface area contributed by atoms with Crippen LogP contribution >= 0.6 is 0 Å². The summed E-state index contributed by atoms with van der Waals surface area (Å²) in [6, 6.07) is 0.00518. The number of amides is 2. The van der Waals surface area contributed by atoms with E-state index in [0.717, 1.165) is 0 Å². The van der Waals surface area contributed by atoms with Crippen molar-refractivity contribution in [2.45, 2.75) is 73.5 Å². The maximum atomic E-state index is 12.7. The molecular formula is C21H33N3O4. The lowest BCUT2D eigenvalue weighted by molar-refractivity contribution is -0.140. The molecule has 2 amide bonds. The minimum atomic E-state index is -0.422. The van der Waals surface area contributed by atoms with Crippen LogP contribution in [0, 0.1) is 19.3 Å². The van der Waals surface area contributed by atoms with Gasteiger partial charge in [0.1, 0.15) is 5.69 Å². The number of piperidine rings is 1. The zero-order valence-corrected chi connectivity index (χ0v) is 18.1. The fraction of sp³-hybridized carbons (Fsp3) is 0.667. The normalized spacial score (nSPS) is 15.6. The predicted octanol–water partition coefficient (Wildman–Crippen LogP) is 2.96. The monoisotopic (exact) mass is 391 g/mol.